The highest BCUT2D eigenvalue weighted by molar-refractivity contribution is 5.71. The van der Waals surface area contributed by atoms with Gasteiger partial charge in [-0.15, -0.1) is 0 Å². The van der Waals surface area contributed by atoms with Gasteiger partial charge in [0.25, 0.3) is 6.02 Å². The van der Waals surface area contributed by atoms with Crippen LogP contribution in [0.5, 0.6) is 5.75 Å². The number of nitrogens with one attached hydrogen (secondary N) is 1. The molecule has 0 aliphatic carbocycles. The molecule has 0 aliphatic rings. The smallest absolute Gasteiger partial charge is 0.284 e. The Morgan fingerprint density at radius 1 is 0.750 bits per heavy atom. The summed E-state index contributed by atoms with van der Waals surface area (Å²) in [6.07, 6.45) is 20.7. The van der Waals surface area contributed by atoms with Gasteiger partial charge in [0.15, 0.2) is 0 Å². The lowest BCUT2D eigenvalue weighted by Gasteiger charge is -2.12. The van der Waals surface area contributed by atoms with E-state index in [9.17, 15) is 0 Å². The highest BCUT2D eigenvalue weighted by Crippen LogP contribution is 2.25. The van der Waals surface area contributed by atoms with E-state index >= 15 is 0 Å². The Morgan fingerprint density at radius 3 is 1.54 bits per heavy atom. The molecule has 0 bridgehead atoms. The highest BCUT2D eigenvalue weighted by atomic mass is 16.5. The largest absolute Gasteiger partial charge is 0.426 e. The number of rotatable bonds is 16. The molecular formula is C25H44N2O. The monoisotopic (exact) mass is 388 g/mol. The first kappa shape index (κ1) is 24.5. The van der Waals surface area contributed by atoms with Crippen molar-refractivity contribution in [1.82, 2.24) is 0 Å². The second-order valence-corrected chi connectivity index (χ2v) is 8.37. The van der Waals surface area contributed by atoms with Crippen molar-refractivity contribution in [2.75, 3.05) is 0 Å². The Bertz CT molecular complexity index is 530. The summed E-state index contributed by atoms with van der Waals surface area (Å²) in [4.78, 5) is 0. The maximum Gasteiger partial charge on any atom is 0.284 e. The van der Waals surface area contributed by atoms with Crippen molar-refractivity contribution in [3.05, 3.63) is 28.8 Å². The minimum Gasteiger partial charge on any atom is -0.426 e. The predicted octanol–water partition coefficient (Wildman–Crippen LogP) is 7.60. The maximum atomic E-state index is 7.30. The zero-order valence-corrected chi connectivity index (χ0v) is 18.7. The Kier molecular flexibility index (Phi) is 13.5. The summed E-state index contributed by atoms with van der Waals surface area (Å²) in [6.45, 7) is 6.34. The lowest BCUT2D eigenvalue weighted by Crippen LogP contribution is -2.18. The van der Waals surface area contributed by atoms with Crippen molar-refractivity contribution >= 4 is 6.02 Å². The second kappa shape index (κ2) is 15.4. The summed E-state index contributed by atoms with van der Waals surface area (Å²) >= 11 is 0. The van der Waals surface area contributed by atoms with Gasteiger partial charge in [0, 0.05) is 0 Å². The summed E-state index contributed by atoms with van der Waals surface area (Å²) in [5, 5.41) is 7.30. The van der Waals surface area contributed by atoms with Crippen LogP contribution in [0, 0.1) is 19.3 Å². The molecule has 160 valence electrons. The molecule has 3 N–H and O–H groups in total. The van der Waals surface area contributed by atoms with E-state index in [-0.39, 0.29) is 6.02 Å². The molecule has 0 saturated heterocycles. The molecule has 0 saturated carbocycles. The summed E-state index contributed by atoms with van der Waals surface area (Å²) in [6, 6.07) is 4.10. The first-order valence-corrected chi connectivity index (χ1v) is 11.7. The van der Waals surface area contributed by atoms with E-state index in [2.05, 4.69) is 19.1 Å². The van der Waals surface area contributed by atoms with Crippen LogP contribution in [-0.4, -0.2) is 6.02 Å². The summed E-state index contributed by atoms with van der Waals surface area (Å²) < 4.78 is 5.32. The number of hydrogen-bond acceptors (Lipinski definition) is 2. The molecule has 0 aliphatic heterocycles. The van der Waals surface area contributed by atoms with Gasteiger partial charge in [0.05, 0.1) is 0 Å². The summed E-state index contributed by atoms with van der Waals surface area (Å²) in [5.41, 5.74) is 8.85. The minimum absolute atomic E-state index is 0.245. The molecule has 1 aromatic rings. The van der Waals surface area contributed by atoms with Crippen LogP contribution < -0.4 is 10.5 Å². The van der Waals surface area contributed by atoms with E-state index in [1.165, 1.54) is 95.5 Å². The third-order valence-corrected chi connectivity index (χ3v) is 5.55. The normalized spacial score (nSPS) is 11.0. The molecule has 0 heterocycles. The fourth-order valence-corrected chi connectivity index (χ4v) is 3.98. The number of ether oxygens (including phenoxy) is 1. The molecule has 0 fully saturated rings. The standard InChI is InChI=1S/C25H44N2O/c1-4-5-6-7-8-9-10-11-12-13-14-15-16-17-18-23-19-21(2)24(22(3)20-23)28-25(26)27/h19-20H,4-18H2,1-3H3,(H3,26,27). The van der Waals surface area contributed by atoms with Crippen LogP contribution in [0.1, 0.15) is 114 Å². The molecule has 0 aromatic heterocycles. The predicted molar refractivity (Wildman–Crippen MR) is 122 cm³/mol. The molecule has 3 nitrogen and oxygen atoms in total. The van der Waals surface area contributed by atoms with Gasteiger partial charge in [-0.05, 0) is 43.4 Å². The molecule has 0 atom stereocenters. The van der Waals surface area contributed by atoms with Crippen molar-refractivity contribution in [2.24, 2.45) is 5.73 Å². The van der Waals surface area contributed by atoms with E-state index in [4.69, 9.17) is 15.9 Å². The van der Waals surface area contributed by atoms with Gasteiger partial charge in [0.2, 0.25) is 0 Å². The maximum absolute atomic E-state index is 7.30. The van der Waals surface area contributed by atoms with E-state index in [0.717, 1.165) is 23.3 Å². The average Bonchev–Trinajstić information content (AvgIpc) is 2.65. The van der Waals surface area contributed by atoms with Gasteiger partial charge in [-0.3, -0.25) is 5.41 Å². The fourth-order valence-electron chi connectivity index (χ4n) is 3.98. The lowest BCUT2D eigenvalue weighted by molar-refractivity contribution is 0.527. The number of aryl methyl sites for hydroxylation is 3. The Balaban J connectivity index is 2.02. The molecule has 0 radical (unpaired) electrons. The van der Waals surface area contributed by atoms with E-state index in [1.807, 2.05) is 13.8 Å². The van der Waals surface area contributed by atoms with Gasteiger partial charge in [0.1, 0.15) is 5.75 Å². The first-order valence-electron chi connectivity index (χ1n) is 11.7. The van der Waals surface area contributed by atoms with Crippen LogP contribution in [-0.2, 0) is 6.42 Å². The molecule has 0 spiro atoms. The Hall–Kier alpha value is -1.51. The van der Waals surface area contributed by atoms with Crippen molar-refractivity contribution in [3.8, 4) is 5.75 Å². The molecule has 28 heavy (non-hydrogen) atoms. The van der Waals surface area contributed by atoms with Crippen LogP contribution in [0.4, 0.5) is 0 Å². The van der Waals surface area contributed by atoms with E-state index in [1.54, 1.807) is 0 Å². The molecular weight excluding hydrogens is 344 g/mol. The number of hydrogen-bond donors (Lipinski definition) is 2. The number of nitrogens with two attached hydrogens (primary N) is 1. The van der Waals surface area contributed by atoms with Crippen molar-refractivity contribution in [2.45, 2.75) is 117 Å². The number of amidine groups is 1. The quantitative estimate of drug-likeness (QED) is 0.174. The van der Waals surface area contributed by atoms with Crippen molar-refractivity contribution in [3.63, 3.8) is 0 Å². The van der Waals surface area contributed by atoms with Crippen LogP contribution in [0.15, 0.2) is 12.1 Å². The van der Waals surface area contributed by atoms with Crippen molar-refractivity contribution in [1.29, 1.82) is 5.41 Å². The number of benzene rings is 1. The fraction of sp³-hybridized carbons (Fsp3) is 0.720. The SMILES string of the molecule is CCCCCCCCCCCCCCCCc1cc(C)c(OC(=N)N)c(C)c1. The Labute approximate surface area is 174 Å². The molecule has 3 heteroatoms. The molecule has 1 aromatic carbocycles. The molecule has 0 unspecified atom stereocenters. The molecule has 0 amide bonds. The van der Waals surface area contributed by atoms with Crippen LogP contribution >= 0.6 is 0 Å². The van der Waals surface area contributed by atoms with Crippen LogP contribution in [0.3, 0.4) is 0 Å². The highest BCUT2D eigenvalue weighted by Gasteiger charge is 2.08. The zero-order chi connectivity index (χ0) is 20.6. The zero-order valence-electron chi connectivity index (χ0n) is 18.7. The van der Waals surface area contributed by atoms with Gasteiger partial charge in [-0.1, -0.05) is 103 Å². The summed E-state index contributed by atoms with van der Waals surface area (Å²) in [5.74, 6) is 0.734. The van der Waals surface area contributed by atoms with E-state index in [0.29, 0.717) is 0 Å². The average molecular weight is 389 g/mol. The lowest BCUT2D eigenvalue weighted by atomic mass is 10.00. The van der Waals surface area contributed by atoms with Gasteiger partial charge < -0.3 is 10.5 Å². The topological polar surface area (TPSA) is 59.1 Å². The van der Waals surface area contributed by atoms with Gasteiger partial charge in [-0.25, -0.2) is 0 Å². The van der Waals surface area contributed by atoms with E-state index < -0.39 is 0 Å². The first-order chi connectivity index (χ1) is 13.5. The summed E-state index contributed by atoms with van der Waals surface area (Å²) in [7, 11) is 0. The third-order valence-electron chi connectivity index (χ3n) is 5.55. The van der Waals surface area contributed by atoms with Gasteiger partial charge in [-0.2, -0.15) is 0 Å². The number of unbranched alkanes of at least 4 members (excludes halogenated alkanes) is 13. The van der Waals surface area contributed by atoms with Crippen LogP contribution in [0.25, 0.3) is 0 Å². The Morgan fingerprint density at radius 2 is 1.14 bits per heavy atom. The van der Waals surface area contributed by atoms with Gasteiger partial charge >= 0.3 is 0 Å². The third kappa shape index (κ3) is 11.4. The minimum atomic E-state index is -0.245. The molecule has 1 rings (SSSR count). The van der Waals surface area contributed by atoms with Crippen LogP contribution in [0.2, 0.25) is 0 Å². The second-order valence-electron chi connectivity index (χ2n) is 8.37. The van der Waals surface area contributed by atoms with Crippen molar-refractivity contribution < 1.29 is 4.74 Å².